The lowest BCUT2D eigenvalue weighted by Gasteiger charge is -2.10. The van der Waals surface area contributed by atoms with Crippen LogP contribution < -0.4 is 5.32 Å². The molecular weight excluding hydrogens is 280 g/mol. The van der Waals surface area contributed by atoms with Crippen LogP contribution in [0.4, 0.5) is 5.13 Å². The van der Waals surface area contributed by atoms with Crippen LogP contribution in [0.15, 0.2) is 24.3 Å². The lowest BCUT2D eigenvalue weighted by molar-refractivity contribution is 0.830. The Hall–Kier alpha value is -2.01. The zero-order chi connectivity index (χ0) is 15.0. The Labute approximate surface area is 128 Å². The van der Waals surface area contributed by atoms with Gasteiger partial charge >= 0.3 is 0 Å². The second kappa shape index (κ2) is 5.41. The lowest BCUT2D eigenvalue weighted by atomic mass is 10.0. The van der Waals surface area contributed by atoms with E-state index in [0.29, 0.717) is 5.92 Å². The van der Waals surface area contributed by atoms with Gasteiger partial charge in [0.2, 0.25) is 5.13 Å². The standard InChI is InChI=1S/C16H18N4S/c1-9(2)14-8-12(15-19-20-16(17-4)21-15)11-7-10(3)5-6-13(11)18-14/h5-9H,1-4H3,(H,17,20). The molecule has 3 aromatic rings. The first-order chi connectivity index (χ1) is 10.1. The Morgan fingerprint density at radius 2 is 1.95 bits per heavy atom. The summed E-state index contributed by atoms with van der Waals surface area (Å²) in [6.45, 7) is 6.41. The number of benzene rings is 1. The minimum Gasteiger partial charge on any atom is -0.363 e. The molecule has 0 aliphatic rings. The van der Waals surface area contributed by atoms with Crippen LogP contribution in [-0.4, -0.2) is 22.2 Å². The van der Waals surface area contributed by atoms with Crippen LogP contribution in [0.5, 0.6) is 0 Å². The highest BCUT2D eigenvalue weighted by atomic mass is 32.1. The number of aryl methyl sites for hydroxylation is 1. The molecule has 1 aromatic carbocycles. The van der Waals surface area contributed by atoms with Crippen molar-refractivity contribution in [3.63, 3.8) is 0 Å². The van der Waals surface area contributed by atoms with Crippen molar-refractivity contribution >= 4 is 27.4 Å². The second-order valence-corrected chi connectivity index (χ2v) is 6.41. The number of hydrogen-bond donors (Lipinski definition) is 1. The van der Waals surface area contributed by atoms with Gasteiger partial charge in [0.15, 0.2) is 0 Å². The summed E-state index contributed by atoms with van der Waals surface area (Å²) < 4.78 is 0. The number of nitrogens with zero attached hydrogens (tertiary/aromatic N) is 3. The number of pyridine rings is 1. The molecule has 0 spiro atoms. The Kier molecular flexibility index (Phi) is 3.59. The Morgan fingerprint density at radius 3 is 2.62 bits per heavy atom. The third-order valence-electron chi connectivity index (χ3n) is 3.44. The second-order valence-electron chi connectivity index (χ2n) is 5.43. The van der Waals surface area contributed by atoms with E-state index in [-0.39, 0.29) is 0 Å². The molecule has 5 heteroatoms. The predicted molar refractivity (Wildman–Crippen MR) is 89.0 cm³/mol. The van der Waals surface area contributed by atoms with E-state index in [4.69, 9.17) is 4.98 Å². The molecule has 1 N–H and O–H groups in total. The summed E-state index contributed by atoms with van der Waals surface area (Å²) in [5, 5.41) is 14.4. The molecule has 2 aromatic heterocycles. The summed E-state index contributed by atoms with van der Waals surface area (Å²) >= 11 is 1.57. The number of aromatic nitrogens is 3. The number of nitrogens with one attached hydrogen (secondary N) is 1. The SMILES string of the molecule is CNc1nnc(-c2cc(C(C)C)nc3ccc(C)cc23)s1. The summed E-state index contributed by atoms with van der Waals surface area (Å²) in [6.07, 6.45) is 0. The van der Waals surface area contributed by atoms with Gasteiger partial charge in [0.1, 0.15) is 5.01 Å². The quantitative estimate of drug-likeness (QED) is 0.786. The van der Waals surface area contributed by atoms with Crippen molar-refractivity contribution in [2.75, 3.05) is 12.4 Å². The molecule has 3 rings (SSSR count). The average Bonchev–Trinajstić information content (AvgIpc) is 2.94. The maximum atomic E-state index is 4.77. The van der Waals surface area contributed by atoms with Gasteiger partial charge in [-0.3, -0.25) is 4.98 Å². The summed E-state index contributed by atoms with van der Waals surface area (Å²) in [4.78, 5) is 4.77. The maximum Gasteiger partial charge on any atom is 0.205 e. The van der Waals surface area contributed by atoms with Crippen LogP contribution >= 0.6 is 11.3 Å². The van der Waals surface area contributed by atoms with Crippen molar-refractivity contribution in [3.8, 4) is 10.6 Å². The molecule has 0 aliphatic heterocycles. The minimum absolute atomic E-state index is 0.381. The fourth-order valence-corrected chi connectivity index (χ4v) is 2.99. The molecule has 0 saturated heterocycles. The zero-order valence-electron chi connectivity index (χ0n) is 12.6. The predicted octanol–water partition coefficient (Wildman–Crippen LogP) is 4.23. The Bertz CT molecular complexity index is 792. The van der Waals surface area contributed by atoms with Crippen LogP contribution in [0, 0.1) is 6.92 Å². The average molecular weight is 298 g/mol. The molecule has 4 nitrogen and oxygen atoms in total. The first-order valence-electron chi connectivity index (χ1n) is 7.01. The van der Waals surface area contributed by atoms with Gasteiger partial charge in [0.05, 0.1) is 5.52 Å². The van der Waals surface area contributed by atoms with E-state index in [1.807, 2.05) is 7.05 Å². The molecule has 0 aliphatic carbocycles. The van der Waals surface area contributed by atoms with Crippen molar-refractivity contribution in [1.82, 2.24) is 15.2 Å². The number of anilines is 1. The van der Waals surface area contributed by atoms with Crippen LogP contribution in [0.3, 0.4) is 0 Å². The topological polar surface area (TPSA) is 50.7 Å². The summed E-state index contributed by atoms with van der Waals surface area (Å²) in [5.41, 5.74) is 4.44. The highest BCUT2D eigenvalue weighted by Gasteiger charge is 2.14. The van der Waals surface area contributed by atoms with Crippen molar-refractivity contribution in [1.29, 1.82) is 0 Å². The van der Waals surface area contributed by atoms with E-state index in [9.17, 15) is 0 Å². The van der Waals surface area contributed by atoms with Crippen molar-refractivity contribution in [3.05, 3.63) is 35.5 Å². The first-order valence-corrected chi connectivity index (χ1v) is 7.83. The fraction of sp³-hybridized carbons (Fsp3) is 0.312. The minimum atomic E-state index is 0.381. The summed E-state index contributed by atoms with van der Waals surface area (Å²) in [7, 11) is 1.86. The van der Waals surface area contributed by atoms with Gasteiger partial charge in [0, 0.05) is 23.7 Å². The molecule has 0 bridgehead atoms. The third kappa shape index (κ3) is 2.61. The van der Waals surface area contributed by atoms with Gasteiger partial charge < -0.3 is 5.32 Å². The van der Waals surface area contributed by atoms with Crippen molar-refractivity contribution in [2.24, 2.45) is 0 Å². The molecule has 0 unspecified atom stereocenters. The molecular formula is C16H18N4S. The molecule has 0 radical (unpaired) electrons. The Morgan fingerprint density at radius 1 is 1.14 bits per heavy atom. The van der Waals surface area contributed by atoms with E-state index in [1.54, 1.807) is 11.3 Å². The van der Waals surface area contributed by atoms with Gasteiger partial charge in [0.25, 0.3) is 0 Å². The monoisotopic (exact) mass is 298 g/mol. The van der Waals surface area contributed by atoms with E-state index < -0.39 is 0 Å². The summed E-state index contributed by atoms with van der Waals surface area (Å²) in [5.74, 6) is 0.381. The molecule has 0 atom stereocenters. The van der Waals surface area contributed by atoms with Gasteiger partial charge in [-0.25, -0.2) is 0 Å². The van der Waals surface area contributed by atoms with Crippen LogP contribution in [0.2, 0.25) is 0 Å². The van der Waals surface area contributed by atoms with Crippen LogP contribution in [0.25, 0.3) is 21.5 Å². The summed E-state index contributed by atoms with van der Waals surface area (Å²) in [6, 6.07) is 8.50. The highest BCUT2D eigenvalue weighted by molar-refractivity contribution is 7.18. The zero-order valence-corrected chi connectivity index (χ0v) is 13.5. The van der Waals surface area contributed by atoms with Crippen LogP contribution in [-0.2, 0) is 0 Å². The Balaban J connectivity index is 2.29. The van der Waals surface area contributed by atoms with Gasteiger partial charge in [-0.1, -0.05) is 36.8 Å². The fourth-order valence-electron chi connectivity index (χ4n) is 2.27. The highest BCUT2D eigenvalue weighted by Crippen LogP contribution is 2.34. The largest absolute Gasteiger partial charge is 0.363 e. The lowest BCUT2D eigenvalue weighted by Crippen LogP contribution is -1.95. The van der Waals surface area contributed by atoms with Gasteiger partial charge in [-0.05, 0) is 31.0 Å². The van der Waals surface area contributed by atoms with E-state index in [0.717, 1.165) is 32.3 Å². The number of hydrogen-bond acceptors (Lipinski definition) is 5. The first kappa shape index (κ1) is 13.9. The smallest absolute Gasteiger partial charge is 0.205 e. The number of rotatable bonds is 3. The normalized spacial score (nSPS) is 11.3. The van der Waals surface area contributed by atoms with Gasteiger partial charge in [-0.15, -0.1) is 10.2 Å². The van der Waals surface area contributed by atoms with E-state index in [2.05, 4.69) is 60.6 Å². The van der Waals surface area contributed by atoms with Crippen molar-refractivity contribution < 1.29 is 0 Å². The molecule has 108 valence electrons. The van der Waals surface area contributed by atoms with E-state index >= 15 is 0 Å². The number of fused-ring (bicyclic) bond motifs is 1. The van der Waals surface area contributed by atoms with Crippen molar-refractivity contribution in [2.45, 2.75) is 26.7 Å². The van der Waals surface area contributed by atoms with E-state index in [1.165, 1.54) is 5.56 Å². The molecule has 0 fully saturated rings. The molecule has 21 heavy (non-hydrogen) atoms. The molecule has 0 amide bonds. The third-order valence-corrected chi connectivity index (χ3v) is 4.42. The molecule has 2 heterocycles. The van der Waals surface area contributed by atoms with Gasteiger partial charge in [-0.2, -0.15) is 0 Å². The molecule has 0 saturated carbocycles. The van der Waals surface area contributed by atoms with Crippen LogP contribution in [0.1, 0.15) is 31.0 Å². The maximum absolute atomic E-state index is 4.77.